The number of likely N-dealkylation sites (N-methyl/N-ethyl adjacent to an activating group) is 2. The Labute approximate surface area is 160 Å². The summed E-state index contributed by atoms with van der Waals surface area (Å²) >= 11 is 0. The normalized spacial score (nSPS) is 24.7. The zero-order valence-electron chi connectivity index (χ0n) is 17.0. The second-order valence-corrected chi connectivity index (χ2v) is 6.51. The van der Waals surface area contributed by atoms with Crippen LogP contribution in [0.2, 0.25) is 0 Å². The van der Waals surface area contributed by atoms with Crippen LogP contribution in [0, 0.1) is 0 Å². The smallest absolute Gasteiger partial charge is 0.121 e. The molecule has 0 atom stereocenters. The van der Waals surface area contributed by atoms with Crippen LogP contribution in [0.5, 0.6) is 0 Å². The summed E-state index contributed by atoms with van der Waals surface area (Å²) in [6.07, 6.45) is 8.14. The zero-order chi connectivity index (χ0) is 19.0. The molecule has 5 nitrogen and oxygen atoms in total. The van der Waals surface area contributed by atoms with E-state index in [4.69, 9.17) is 14.2 Å². The third kappa shape index (κ3) is 10.1. The first-order chi connectivity index (χ1) is 12.7. The molecule has 0 aromatic rings. The van der Waals surface area contributed by atoms with Crippen LogP contribution in [0.15, 0.2) is 36.1 Å². The van der Waals surface area contributed by atoms with Gasteiger partial charge in [-0.3, -0.25) is 0 Å². The van der Waals surface area contributed by atoms with Gasteiger partial charge in [0, 0.05) is 19.6 Å². The third-order valence-corrected chi connectivity index (χ3v) is 4.51. The highest BCUT2D eigenvalue weighted by Gasteiger charge is 2.07. The van der Waals surface area contributed by atoms with E-state index in [1.54, 1.807) is 0 Å². The standard InChI is InChI=1S/C21H38N2O3/c1-5-9-20-10-8-11-23(7-3)14-16-25-19-18-24-15-12-22(4)13-17-26-21(20)6-2/h5-6,9H,2,7-8,10-19H2,1,3-4H3/b9-5-,21-20-. The number of nitrogens with zero attached hydrogens (tertiary/aromatic N) is 2. The molecule has 0 radical (unpaired) electrons. The lowest BCUT2D eigenvalue weighted by molar-refractivity contribution is 0.0318. The topological polar surface area (TPSA) is 34.2 Å². The lowest BCUT2D eigenvalue weighted by Gasteiger charge is -2.21. The minimum atomic E-state index is 0.656. The summed E-state index contributed by atoms with van der Waals surface area (Å²) in [6.45, 7) is 16.5. The first-order valence-corrected chi connectivity index (χ1v) is 9.88. The summed E-state index contributed by atoms with van der Waals surface area (Å²) in [5, 5.41) is 0. The van der Waals surface area contributed by atoms with Crippen molar-refractivity contribution in [3.8, 4) is 0 Å². The molecule has 26 heavy (non-hydrogen) atoms. The Balaban J connectivity index is 2.71. The van der Waals surface area contributed by atoms with Gasteiger partial charge in [0.25, 0.3) is 0 Å². The van der Waals surface area contributed by atoms with E-state index in [1.807, 2.05) is 13.0 Å². The molecule has 0 aliphatic carbocycles. The van der Waals surface area contributed by atoms with Crippen molar-refractivity contribution in [1.82, 2.24) is 9.80 Å². The Morgan fingerprint density at radius 3 is 2.35 bits per heavy atom. The number of hydrogen-bond donors (Lipinski definition) is 0. The second kappa shape index (κ2) is 15.0. The van der Waals surface area contributed by atoms with E-state index in [9.17, 15) is 0 Å². The van der Waals surface area contributed by atoms with Gasteiger partial charge in [0.2, 0.25) is 0 Å². The van der Waals surface area contributed by atoms with Crippen LogP contribution < -0.4 is 0 Å². The molecular formula is C21H38N2O3. The van der Waals surface area contributed by atoms with Gasteiger partial charge in [-0.1, -0.05) is 25.7 Å². The first-order valence-electron chi connectivity index (χ1n) is 9.88. The molecule has 0 aromatic carbocycles. The van der Waals surface area contributed by atoms with E-state index in [0.29, 0.717) is 19.8 Å². The van der Waals surface area contributed by atoms with Gasteiger partial charge in [-0.2, -0.15) is 0 Å². The summed E-state index contributed by atoms with van der Waals surface area (Å²) < 4.78 is 17.4. The molecule has 1 aliphatic heterocycles. The van der Waals surface area contributed by atoms with Crippen molar-refractivity contribution in [1.29, 1.82) is 0 Å². The fraction of sp³-hybridized carbons (Fsp3) is 0.714. The Morgan fingerprint density at radius 1 is 1.00 bits per heavy atom. The molecule has 0 saturated carbocycles. The van der Waals surface area contributed by atoms with Crippen LogP contribution in [0.4, 0.5) is 0 Å². The van der Waals surface area contributed by atoms with Gasteiger partial charge in [0.15, 0.2) is 0 Å². The average Bonchev–Trinajstić information content (AvgIpc) is 2.64. The lowest BCUT2D eigenvalue weighted by atomic mass is 10.1. The van der Waals surface area contributed by atoms with Gasteiger partial charge in [-0.05, 0) is 51.6 Å². The van der Waals surface area contributed by atoms with Crippen LogP contribution in [-0.2, 0) is 14.2 Å². The van der Waals surface area contributed by atoms with E-state index < -0.39 is 0 Å². The molecule has 1 aliphatic rings. The van der Waals surface area contributed by atoms with Crippen LogP contribution >= 0.6 is 0 Å². The molecule has 0 unspecified atom stereocenters. The minimum absolute atomic E-state index is 0.656. The van der Waals surface area contributed by atoms with Gasteiger partial charge >= 0.3 is 0 Å². The molecule has 5 heteroatoms. The van der Waals surface area contributed by atoms with E-state index in [2.05, 4.69) is 42.5 Å². The third-order valence-electron chi connectivity index (χ3n) is 4.51. The summed E-state index contributed by atoms with van der Waals surface area (Å²) in [5.41, 5.74) is 1.22. The first kappa shape index (κ1) is 22.9. The van der Waals surface area contributed by atoms with Gasteiger partial charge in [-0.15, -0.1) is 0 Å². The molecule has 0 saturated heterocycles. The maximum atomic E-state index is 6.02. The van der Waals surface area contributed by atoms with Gasteiger partial charge in [0.05, 0.1) is 26.4 Å². The fourth-order valence-electron chi connectivity index (χ4n) is 2.85. The number of hydrogen-bond acceptors (Lipinski definition) is 5. The zero-order valence-corrected chi connectivity index (χ0v) is 17.0. The second-order valence-electron chi connectivity index (χ2n) is 6.51. The quantitative estimate of drug-likeness (QED) is 0.767. The van der Waals surface area contributed by atoms with Crippen LogP contribution in [0.3, 0.4) is 0 Å². The van der Waals surface area contributed by atoms with Crippen molar-refractivity contribution in [2.45, 2.75) is 26.7 Å². The molecule has 0 fully saturated rings. The van der Waals surface area contributed by atoms with Crippen LogP contribution in [0.25, 0.3) is 0 Å². The van der Waals surface area contributed by atoms with Crippen molar-refractivity contribution in [2.24, 2.45) is 0 Å². The molecule has 0 amide bonds. The molecule has 0 aromatic heterocycles. The van der Waals surface area contributed by atoms with Crippen molar-refractivity contribution in [3.63, 3.8) is 0 Å². The van der Waals surface area contributed by atoms with Crippen LogP contribution in [-0.4, -0.2) is 82.6 Å². The van der Waals surface area contributed by atoms with Gasteiger partial charge < -0.3 is 24.0 Å². The highest BCUT2D eigenvalue weighted by molar-refractivity contribution is 5.28. The summed E-state index contributed by atoms with van der Waals surface area (Å²) in [7, 11) is 2.09. The Hall–Kier alpha value is -1.14. The summed E-state index contributed by atoms with van der Waals surface area (Å²) in [4.78, 5) is 4.65. The molecule has 0 N–H and O–H groups in total. The van der Waals surface area contributed by atoms with Crippen molar-refractivity contribution in [3.05, 3.63) is 36.1 Å². The molecule has 1 rings (SSSR count). The fourth-order valence-corrected chi connectivity index (χ4v) is 2.85. The molecular weight excluding hydrogens is 328 g/mol. The van der Waals surface area contributed by atoms with Crippen molar-refractivity contribution >= 4 is 0 Å². The highest BCUT2D eigenvalue weighted by atomic mass is 16.5. The van der Waals surface area contributed by atoms with Crippen LogP contribution in [0.1, 0.15) is 26.7 Å². The predicted molar refractivity (Wildman–Crippen MR) is 108 cm³/mol. The number of allylic oxidation sites excluding steroid dienone is 4. The minimum Gasteiger partial charge on any atom is -0.492 e. The van der Waals surface area contributed by atoms with E-state index in [0.717, 1.165) is 64.5 Å². The van der Waals surface area contributed by atoms with Crippen molar-refractivity contribution in [2.75, 3.05) is 72.8 Å². The van der Waals surface area contributed by atoms with Gasteiger partial charge in [-0.25, -0.2) is 0 Å². The predicted octanol–water partition coefficient (Wildman–Crippen LogP) is 3.10. The number of rotatable bonds is 3. The molecule has 1 heterocycles. The largest absolute Gasteiger partial charge is 0.492 e. The van der Waals surface area contributed by atoms with E-state index >= 15 is 0 Å². The monoisotopic (exact) mass is 366 g/mol. The molecule has 150 valence electrons. The average molecular weight is 367 g/mol. The highest BCUT2D eigenvalue weighted by Crippen LogP contribution is 2.16. The van der Waals surface area contributed by atoms with Gasteiger partial charge in [0.1, 0.15) is 12.4 Å². The maximum absolute atomic E-state index is 6.02. The Kier molecular flexibility index (Phi) is 13.2. The maximum Gasteiger partial charge on any atom is 0.121 e. The summed E-state index contributed by atoms with van der Waals surface area (Å²) in [6, 6.07) is 0. The van der Waals surface area contributed by atoms with E-state index in [1.165, 1.54) is 5.57 Å². The lowest BCUT2D eigenvalue weighted by Crippen LogP contribution is -2.29. The molecule has 0 bridgehead atoms. The Morgan fingerprint density at radius 2 is 1.69 bits per heavy atom. The number of ether oxygens (including phenoxy) is 3. The summed E-state index contributed by atoms with van der Waals surface area (Å²) in [5.74, 6) is 0.903. The van der Waals surface area contributed by atoms with Crippen molar-refractivity contribution < 1.29 is 14.2 Å². The van der Waals surface area contributed by atoms with E-state index in [-0.39, 0.29) is 0 Å². The molecule has 0 spiro atoms. The SMILES string of the molecule is C=C/C1=C(\C=C/C)CCCN(CC)CCOCCOCCN(C)CCO1. The Bertz CT molecular complexity index is 435.